The van der Waals surface area contributed by atoms with E-state index in [9.17, 15) is 4.79 Å². The summed E-state index contributed by atoms with van der Waals surface area (Å²) in [6, 6.07) is 3.15. The fourth-order valence-corrected chi connectivity index (χ4v) is 2.07. The molecule has 1 aromatic heterocycles. The van der Waals surface area contributed by atoms with E-state index in [1.807, 2.05) is 6.92 Å². The normalized spacial score (nSPS) is 11.7. The molecule has 1 heterocycles. The Morgan fingerprint density at radius 1 is 1.68 bits per heavy atom. The Morgan fingerprint density at radius 3 is 3.05 bits per heavy atom. The van der Waals surface area contributed by atoms with Gasteiger partial charge in [0.15, 0.2) is 0 Å². The molecule has 0 radical (unpaired) electrons. The first-order valence-electron chi connectivity index (χ1n) is 5.46. The number of pyridine rings is 1. The average Bonchev–Trinajstić information content (AvgIpc) is 2.36. The third kappa shape index (κ3) is 5.39. The van der Waals surface area contributed by atoms with Crippen LogP contribution in [0.3, 0.4) is 0 Å². The van der Waals surface area contributed by atoms with Crippen LogP contribution in [0.2, 0.25) is 0 Å². The van der Waals surface area contributed by atoms with Crippen molar-refractivity contribution in [2.24, 2.45) is 10.7 Å². The molecule has 3 N–H and O–H groups in total. The summed E-state index contributed by atoms with van der Waals surface area (Å²) in [5.41, 5.74) is 6.53. The summed E-state index contributed by atoms with van der Waals surface area (Å²) in [7, 11) is 0. The smallest absolute Gasteiger partial charge is 0.338 e. The number of carbonyl (C=O) groups is 1. The van der Waals surface area contributed by atoms with Gasteiger partial charge in [-0.05, 0) is 25.1 Å². The van der Waals surface area contributed by atoms with E-state index < -0.39 is 5.97 Å². The fourth-order valence-electron chi connectivity index (χ4n) is 1.16. The lowest BCUT2D eigenvalue weighted by atomic mass is 10.3. The lowest BCUT2D eigenvalue weighted by Gasteiger charge is -2.04. The van der Waals surface area contributed by atoms with Crippen molar-refractivity contribution in [2.45, 2.75) is 11.9 Å². The van der Waals surface area contributed by atoms with Gasteiger partial charge in [-0.2, -0.15) is 0 Å². The molecule has 0 aliphatic carbocycles. The Morgan fingerprint density at radius 2 is 2.42 bits per heavy atom. The molecule has 0 saturated carbocycles. The second kappa shape index (κ2) is 7.38. The van der Waals surface area contributed by atoms with Crippen LogP contribution in [0.25, 0.3) is 0 Å². The number of rotatable bonds is 6. The molecule has 0 spiro atoms. The summed E-state index contributed by atoms with van der Waals surface area (Å²) >= 11 is 1.37. The summed E-state index contributed by atoms with van der Waals surface area (Å²) in [5, 5.41) is 9.52. The van der Waals surface area contributed by atoms with Crippen LogP contribution in [-0.4, -0.2) is 28.0 Å². The summed E-state index contributed by atoms with van der Waals surface area (Å²) in [6.45, 7) is 5.37. The second-order valence-electron chi connectivity index (χ2n) is 3.73. The number of nitrogens with two attached hydrogens (primary N) is 1. The van der Waals surface area contributed by atoms with Crippen LogP contribution in [0.1, 0.15) is 17.3 Å². The second-order valence-corrected chi connectivity index (χ2v) is 4.70. The Labute approximate surface area is 116 Å². The van der Waals surface area contributed by atoms with E-state index in [1.54, 1.807) is 24.6 Å². The lowest BCUT2D eigenvalue weighted by molar-refractivity contribution is 0.0692. The minimum Gasteiger partial charge on any atom is -0.478 e. The highest BCUT2D eigenvalue weighted by atomic mass is 32.2. The van der Waals surface area contributed by atoms with Crippen molar-refractivity contribution >= 4 is 23.9 Å². The number of allylic oxidation sites excluding steroid dienone is 1. The van der Waals surface area contributed by atoms with Gasteiger partial charge in [0, 0.05) is 18.2 Å². The minimum atomic E-state index is -0.974. The highest BCUT2D eigenvalue weighted by molar-refractivity contribution is 7.99. The molecule has 0 aliphatic rings. The fraction of sp³-hybridized carbons (Fsp3) is 0.154. The summed E-state index contributed by atoms with van der Waals surface area (Å²) in [5.74, 6) is -0.104. The van der Waals surface area contributed by atoms with Crippen LogP contribution in [-0.2, 0) is 0 Å². The van der Waals surface area contributed by atoms with Crippen molar-refractivity contribution in [3.8, 4) is 0 Å². The van der Waals surface area contributed by atoms with Crippen molar-refractivity contribution < 1.29 is 9.90 Å². The van der Waals surface area contributed by atoms with E-state index in [1.165, 1.54) is 17.8 Å². The first-order valence-corrected chi connectivity index (χ1v) is 6.44. The molecule has 1 aromatic rings. The van der Waals surface area contributed by atoms with Gasteiger partial charge in [-0.15, -0.1) is 11.8 Å². The molecule has 0 aliphatic heterocycles. The Hall–Kier alpha value is -2.08. The van der Waals surface area contributed by atoms with Crippen LogP contribution < -0.4 is 5.73 Å². The molecule has 0 aromatic carbocycles. The molecule has 0 amide bonds. The van der Waals surface area contributed by atoms with E-state index in [4.69, 9.17) is 10.8 Å². The summed E-state index contributed by atoms with van der Waals surface area (Å²) < 4.78 is 0. The molecule has 100 valence electrons. The summed E-state index contributed by atoms with van der Waals surface area (Å²) in [4.78, 5) is 18.9. The van der Waals surface area contributed by atoms with E-state index in [-0.39, 0.29) is 11.4 Å². The number of aromatic carboxylic acids is 1. The van der Waals surface area contributed by atoms with Crippen LogP contribution >= 0.6 is 11.8 Å². The highest BCUT2D eigenvalue weighted by Gasteiger charge is 2.10. The molecule has 0 bridgehead atoms. The van der Waals surface area contributed by atoms with Gasteiger partial charge in [0.05, 0.1) is 5.56 Å². The number of carboxylic acids is 1. The molecule has 1 rings (SSSR count). The van der Waals surface area contributed by atoms with Gasteiger partial charge in [0.2, 0.25) is 0 Å². The first kappa shape index (κ1) is 15.0. The third-order valence-corrected chi connectivity index (χ3v) is 3.24. The topological polar surface area (TPSA) is 88.6 Å². The van der Waals surface area contributed by atoms with E-state index in [0.717, 1.165) is 5.57 Å². The first-order chi connectivity index (χ1) is 9.00. The van der Waals surface area contributed by atoms with Crippen LogP contribution in [0, 0.1) is 0 Å². The molecule has 0 atom stereocenters. The van der Waals surface area contributed by atoms with Crippen molar-refractivity contribution in [1.82, 2.24) is 4.98 Å². The monoisotopic (exact) mass is 277 g/mol. The number of hydrogen-bond donors (Lipinski definition) is 2. The van der Waals surface area contributed by atoms with Gasteiger partial charge in [-0.3, -0.25) is 0 Å². The maximum Gasteiger partial charge on any atom is 0.338 e. The van der Waals surface area contributed by atoms with Gasteiger partial charge in [-0.25, -0.2) is 14.8 Å². The average molecular weight is 277 g/mol. The van der Waals surface area contributed by atoms with Gasteiger partial charge >= 0.3 is 5.97 Å². The van der Waals surface area contributed by atoms with E-state index in [0.29, 0.717) is 10.8 Å². The Balaban J connectivity index is 2.67. The predicted octanol–water partition coefficient (Wildman–Crippen LogP) is 2.32. The van der Waals surface area contributed by atoms with Crippen LogP contribution in [0.5, 0.6) is 0 Å². The quantitative estimate of drug-likeness (QED) is 0.615. The molecule has 0 fully saturated rings. The zero-order valence-corrected chi connectivity index (χ0v) is 11.4. The molecule has 0 saturated heterocycles. The zero-order valence-electron chi connectivity index (χ0n) is 10.5. The SMILES string of the molecule is C=C(N)N=C/C=C(\C)CSc1ncccc1C(=O)O. The van der Waals surface area contributed by atoms with Gasteiger partial charge < -0.3 is 10.8 Å². The Bertz CT molecular complexity index is 538. The van der Waals surface area contributed by atoms with Crippen molar-refractivity contribution in [2.75, 3.05) is 5.75 Å². The molecule has 19 heavy (non-hydrogen) atoms. The van der Waals surface area contributed by atoms with Crippen molar-refractivity contribution in [3.63, 3.8) is 0 Å². The van der Waals surface area contributed by atoms with Crippen molar-refractivity contribution in [3.05, 3.63) is 47.9 Å². The standard InChI is InChI=1S/C13H15N3O2S/c1-9(5-7-15-10(2)14)8-19-12-11(13(17)18)4-3-6-16-12/h3-7H,2,8,14H2,1H3,(H,17,18)/b9-5+,15-7?. The van der Waals surface area contributed by atoms with Gasteiger partial charge in [0.25, 0.3) is 0 Å². The summed E-state index contributed by atoms with van der Waals surface area (Å²) in [6.07, 6.45) is 4.94. The number of aliphatic imine (C=N–C) groups is 1. The van der Waals surface area contributed by atoms with Gasteiger partial charge in [-0.1, -0.05) is 12.2 Å². The highest BCUT2D eigenvalue weighted by Crippen LogP contribution is 2.21. The van der Waals surface area contributed by atoms with Crippen LogP contribution in [0.15, 0.2) is 52.4 Å². The molecule has 0 unspecified atom stereocenters. The third-order valence-electron chi connectivity index (χ3n) is 2.04. The van der Waals surface area contributed by atoms with E-state index in [2.05, 4.69) is 16.6 Å². The maximum absolute atomic E-state index is 11.0. The molecule has 5 nitrogen and oxygen atoms in total. The number of hydrogen-bond acceptors (Lipinski definition) is 5. The largest absolute Gasteiger partial charge is 0.478 e. The Kier molecular flexibility index (Phi) is 5.81. The number of thioether (sulfide) groups is 1. The minimum absolute atomic E-state index is 0.212. The number of carboxylic acid groups (broad SMARTS) is 1. The number of nitrogens with zero attached hydrogens (tertiary/aromatic N) is 2. The molecular weight excluding hydrogens is 262 g/mol. The molecule has 6 heteroatoms. The van der Waals surface area contributed by atoms with Crippen molar-refractivity contribution in [1.29, 1.82) is 0 Å². The molecular formula is C13H15N3O2S. The zero-order chi connectivity index (χ0) is 14.3. The maximum atomic E-state index is 11.0. The number of aromatic nitrogens is 1. The lowest BCUT2D eigenvalue weighted by Crippen LogP contribution is -2.00. The van der Waals surface area contributed by atoms with Gasteiger partial charge in [0.1, 0.15) is 10.8 Å². The van der Waals surface area contributed by atoms with E-state index >= 15 is 0 Å². The predicted molar refractivity (Wildman–Crippen MR) is 77.5 cm³/mol. The van der Waals surface area contributed by atoms with Crippen LogP contribution in [0.4, 0.5) is 0 Å².